The molecule has 138 valence electrons. The maximum absolute atomic E-state index is 12.6. The van der Waals surface area contributed by atoms with E-state index in [9.17, 15) is 14.9 Å². The monoisotopic (exact) mass is 387 g/mol. The second kappa shape index (κ2) is 7.08. The van der Waals surface area contributed by atoms with Crippen LogP contribution in [-0.4, -0.2) is 24.7 Å². The molecule has 0 atom stereocenters. The van der Waals surface area contributed by atoms with Gasteiger partial charge >= 0.3 is 5.56 Å². The van der Waals surface area contributed by atoms with Crippen LogP contribution in [0.1, 0.15) is 17.0 Å². The van der Waals surface area contributed by atoms with Gasteiger partial charge in [-0.3, -0.25) is 20.0 Å². The van der Waals surface area contributed by atoms with Crippen LogP contribution in [-0.2, 0) is 0 Å². The molecule has 0 aliphatic heterocycles. The zero-order valence-corrected chi connectivity index (χ0v) is 15.4. The van der Waals surface area contributed by atoms with E-state index in [1.54, 1.807) is 20.8 Å². The van der Waals surface area contributed by atoms with Crippen LogP contribution in [0.2, 0.25) is 5.15 Å². The van der Waals surface area contributed by atoms with Crippen LogP contribution in [0.25, 0.3) is 5.95 Å². The van der Waals surface area contributed by atoms with Gasteiger partial charge in [-0.25, -0.2) is 4.98 Å². The molecular weight excluding hydrogens is 374 g/mol. The van der Waals surface area contributed by atoms with Gasteiger partial charge in [-0.15, -0.1) is 5.11 Å². The summed E-state index contributed by atoms with van der Waals surface area (Å²) in [7, 11) is 0. The Morgan fingerprint density at radius 2 is 1.81 bits per heavy atom. The molecule has 1 N–H and O–H groups in total. The summed E-state index contributed by atoms with van der Waals surface area (Å²) in [6.45, 7) is 5.21. The molecule has 3 rings (SSSR count). The number of rotatable bonds is 4. The summed E-state index contributed by atoms with van der Waals surface area (Å²) >= 11 is 6.07. The van der Waals surface area contributed by atoms with Crippen molar-refractivity contribution in [2.75, 3.05) is 0 Å². The number of nitrogens with zero attached hydrogens (tertiary/aromatic N) is 6. The van der Waals surface area contributed by atoms with Crippen LogP contribution in [0.3, 0.4) is 0 Å². The molecule has 0 spiro atoms. The Kier molecular flexibility index (Phi) is 4.82. The van der Waals surface area contributed by atoms with Gasteiger partial charge in [-0.1, -0.05) is 11.6 Å². The van der Waals surface area contributed by atoms with Crippen molar-refractivity contribution >= 4 is 28.7 Å². The van der Waals surface area contributed by atoms with Crippen LogP contribution in [0.4, 0.5) is 17.1 Å². The van der Waals surface area contributed by atoms with Crippen molar-refractivity contribution in [3.63, 3.8) is 0 Å². The van der Waals surface area contributed by atoms with Gasteiger partial charge < -0.3 is 0 Å². The predicted octanol–water partition coefficient (Wildman–Crippen LogP) is 3.86. The summed E-state index contributed by atoms with van der Waals surface area (Å²) in [6.07, 6.45) is 0. The van der Waals surface area contributed by atoms with Crippen molar-refractivity contribution in [2.24, 2.45) is 10.2 Å². The maximum atomic E-state index is 12.6. The number of hydrogen-bond acceptors (Lipinski definition) is 7. The third kappa shape index (κ3) is 3.60. The number of nitrogens with one attached hydrogen (secondary N) is 1. The highest BCUT2D eigenvalue weighted by molar-refractivity contribution is 6.30. The fraction of sp³-hybridized carbons (Fsp3) is 0.188. The van der Waals surface area contributed by atoms with Gasteiger partial charge in [0.2, 0.25) is 0 Å². The van der Waals surface area contributed by atoms with E-state index in [0.717, 1.165) is 10.2 Å². The Labute approximate surface area is 157 Å². The SMILES string of the molecule is Cc1nc(-n2[nH]c(C)c(N=Nc3ccc([N+](=O)[O-])cc3)c2=O)nc(Cl)c1C. The first-order valence-corrected chi connectivity index (χ1v) is 8.14. The highest BCUT2D eigenvalue weighted by Crippen LogP contribution is 2.22. The molecule has 2 heterocycles. The van der Waals surface area contributed by atoms with Gasteiger partial charge in [0.05, 0.1) is 16.3 Å². The van der Waals surface area contributed by atoms with Crippen LogP contribution in [0.15, 0.2) is 39.3 Å². The van der Waals surface area contributed by atoms with Crippen molar-refractivity contribution in [2.45, 2.75) is 20.8 Å². The third-order valence-electron chi connectivity index (χ3n) is 3.88. The molecule has 0 unspecified atom stereocenters. The molecule has 1 aromatic carbocycles. The standard InChI is InChI=1S/C16H14ClN7O3/c1-8-9(2)18-16(19-14(8)17)23-15(25)13(10(3)22-23)21-20-11-4-6-12(7-5-11)24(26)27/h4-7,22H,1-3H3. The average molecular weight is 388 g/mol. The lowest BCUT2D eigenvalue weighted by Crippen LogP contribution is -2.18. The number of nitro groups is 1. The van der Waals surface area contributed by atoms with E-state index in [1.807, 2.05) is 0 Å². The summed E-state index contributed by atoms with van der Waals surface area (Å²) in [6, 6.07) is 5.49. The normalized spacial score (nSPS) is 11.3. The van der Waals surface area contributed by atoms with E-state index in [-0.39, 0.29) is 22.5 Å². The highest BCUT2D eigenvalue weighted by Gasteiger charge is 2.16. The topological polar surface area (TPSA) is 131 Å². The molecule has 11 heteroatoms. The number of non-ortho nitro benzene ring substituents is 1. The number of aromatic amines is 1. The maximum Gasteiger partial charge on any atom is 0.301 e. The molecule has 0 saturated carbocycles. The first-order chi connectivity index (χ1) is 12.8. The van der Waals surface area contributed by atoms with Crippen molar-refractivity contribution in [1.29, 1.82) is 0 Å². The lowest BCUT2D eigenvalue weighted by atomic mass is 10.3. The first-order valence-electron chi connectivity index (χ1n) is 7.77. The molecule has 3 aromatic rings. The number of aromatic nitrogens is 4. The van der Waals surface area contributed by atoms with Gasteiger partial charge in [0.1, 0.15) is 5.15 Å². The zero-order valence-electron chi connectivity index (χ0n) is 14.6. The van der Waals surface area contributed by atoms with Gasteiger partial charge in [0.25, 0.3) is 11.6 Å². The van der Waals surface area contributed by atoms with Crippen molar-refractivity contribution < 1.29 is 4.92 Å². The predicted molar refractivity (Wildman–Crippen MR) is 98.5 cm³/mol. The molecule has 0 radical (unpaired) electrons. The molecule has 0 saturated heterocycles. The number of halogens is 1. The Morgan fingerprint density at radius 1 is 1.15 bits per heavy atom. The Morgan fingerprint density at radius 3 is 2.41 bits per heavy atom. The lowest BCUT2D eigenvalue weighted by Gasteiger charge is -2.05. The molecule has 27 heavy (non-hydrogen) atoms. The Bertz CT molecular complexity index is 1090. The van der Waals surface area contributed by atoms with E-state index in [0.29, 0.717) is 17.1 Å². The molecule has 10 nitrogen and oxygen atoms in total. The van der Waals surface area contributed by atoms with Crippen molar-refractivity contribution in [3.8, 4) is 5.95 Å². The largest absolute Gasteiger partial charge is 0.301 e. The summed E-state index contributed by atoms with van der Waals surface area (Å²) in [5.74, 6) is 0.105. The van der Waals surface area contributed by atoms with Crippen LogP contribution in [0.5, 0.6) is 0 Å². The lowest BCUT2D eigenvalue weighted by molar-refractivity contribution is -0.384. The fourth-order valence-electron chi connectivity index (χ4n) is 2.22. The van der Waals surface area contributed by atoms with Gasteiger partial charge in [0, 0.05) is 23.4 Å². The van der Waals surface area contributed by atoms with Crippen molar-refractivity contribution in [1.82, 2.24) is 19.7 Å². The highest BCUT2D eigenvalue weighted by atomic mass is 35.5. The number of nitro benzene ring substituents is 1. The summed E-state index contributed by atoms with van der Waals surface area (Å²) in [5.41, 5.74) is 1.75. The fourth-order valence-corrected chi connectivity index (χ4v) is 2.44. The number of azo groups is 1. The van der Waals surface area contributed by atoms with Gasteiger partial charge in [-0.05, 0) is 32.9 Å². The minimum Gasteiger partial charge on any atom is -0.290 e. The zero-order chi connectivity index (χ0) is 19.7. The van der Waals surface area contributed by atoms with Crippen LogP contribution in [0, 0.1) is 30.9 Å². The Balaban J connectivity index is 1.97. The number of aryl methyl sites for hydroxylation is 2. The number of benzene rings is 1. The quantitative estimate of drug-likeness (QED) is 0.314. The smallest absolute Gasteiger partial charge is 0.290 e. The minimum absolute atomic E-state index is 0.0575. The first kappa shape index (κ1) is 18.4. The van der Waals surface area contributed by atoms with E-state index in [2.05, 4.69) is 25.3 Å². The molecule has 2 aromatic heterocycles. The summed E-state index contributed by atoms with van der Waals surface area (Å²) in [4.78, 5) is 31.2. The molecule has 0 bridgehead atoms. The van der Waals surface area contributed by atoms with Gasteiger partial charge in [0.15, 0.2) is 5.69 Å². The van der Waals surface area contributed by atoms with Gasteiger partial charge in [-0.2, -0.15) is 14.8 Å². The summed E-state index contributed by atoms with van der Waals surface area (Å²) in [5, 5.41) is 21.7. The van der Waals surface area contributed by atoms with Crippen molar-refractivity contribution in [3.05, 3.63) is 66.8 Å². The molecule has 0 aliphatic rings. The summed E-state index contributed by atoms with van der Waals surface area (Å²) < 4.78 is 1.14. The minimum atomic E-state index is -0.509. The van der Waals surface area contributed by atoms with E-state index >= 15 is 0 Å². The second-order valence-electron chi connectivity index (χ2n) is 5.72. The van der Waals surface area contributed by atoms with Crippen LogP contribution >= 0.6 is 11.6 Å². The Hall–Kier alpha value is -3.40. The number of H-pyrrole nitrogens is 1. The van der Waals surface area contributed by atoms with E-state index in [4.69, 9.17) is 11.6 Å². The third-order valence-corrected chi connectivity index (χ3v) is 4.25. The molecular formula is C16H14ClN7O3. The van der Waals surface area contributed by atoms with E-state index in [1.165, 1.54) is 24.3 Å². The molecule has 0 fully saturated rings. The van der Waals surface area contributed by atoms with Crippen LogP contribution < -0.4 is 5.56 Å². The average Bonchev–Trinajstić information content (AvgIpc) is 2.92. The molecule has 0 amide bonds. The van der Waals surface area contributed by atoms with E-state index < -0.39 is 10.5 Å². The second-order valence-corrected chi connectivity index (χ2v) is 6.08. The number of hydrogen-bond donors (Lipinski definition) is 1. The molecule has 0 aliphatic carbocycles.